The van der Waals surface area contributed by atoms with Crippen molar-refractivity contribution < 1.29 is 4.79 Å². The summed E-state index contributed by atoms with van der Waals surface area (Å²) in [5.74, 6) is 0.535. The Morgan fingerprint density at radius 3 is 2.55 bits per heavy atom. The molecule has 22 heavy (non-hydrogen) atoms. The average molecular weight is 362 g/mol. The van der Waals surface area contributed by atoms with Crippen molar-refractivity contribution in [1.82, 2.24) is 10.3 Å². The van der Waals surface area contributed by atoms with Crippen LogP contribution in [0.2, 0.25) is 0 Å². The number of aromatic nitrogens is 1. The fourth-order valence-electron chi connectivity index (χ4n) is 1.92. The third-order valence-electron chi connectivity index (χ3n) is 2.94. The predicted octanol–water partition coefficient (Wildman–Crippen LogP) is 4.42. The Hall–Kier alpha value is -1.88. The van der Waals surface area contributed by atoms with Gasteiger partial charge in [-0.15, -0.1) is 0 Å². The molecule has 116 valence electrons. The highest BCUT2D eigenvalue weighted by molar-refractivity contribution is 9.10. The van der Waals surface area contributed by atoms with Gasteiger partial charge in [-0.2, -0.15) is 0 Å². The molecule has 0 fully saturated rings. The second kappa shape index (κ2) is 6.48. The topological polar surface area (TPSA) is 54.0 Å². The fourth-order valence-corrected chi connectivity index (χ4v) is 2.17. The summed E-state index contributed by atoms with van der Waals surface area (Å²) in [7, 11) is 0. The van der Waals surface area contributed by atoms with Gasteiger partial charge in [0.1, 0.15) is 5.82 Å². The molecule has 0 aliphatic rings. The van der Waals surface area contributed by atoms with Crippen LogP contribution in [-0.4, -0.2) is 16.4 Å². The van der Waals surface area contributed by atoms with E-state index < -0.39 is 0 Å². The number of hydrogen-bond acceptors (Lipinski definition) is 3. The number of hydrogen-bond donors (Lipinski definition) is 2. The zero-order valence-electron chi connectivity index (χ0n) is 13.2. The van der Waals surface area contributed by atoms with Gasteiger partial charge in [0.15, 0.2) is 0 Å². The average Bonchev–Trinajstić information content (AvgIpc) is 2.41. The molecule has 5 heteroatoms. The molecule has 0 saturated heterocycles. The molecule has 1 aromatic carbocycles. The SMILES string of the molecule is Cc1cc(Nc2cc(C(=O)NC(C)(C)C)ccn2)ccc1Br. The number of anilines is 2. The van der Waals surface area contributed by atoms with Gasteiger partial charge in [-0.1, -0.05) is 15.9 Å². The molecule has 0 unspecified atom stereocenters. The summed E-state index contributed by atoms with van der Waals surface area (Å²) < 4.78 is 1.06. The zero-order valence-corrected chi connectivity index (χ0v) is 14.8. The normalized spacial score (nSPS) is 11.1. The van der Waals surface area contributed by atoms with Crippen molar-refractivity contribution in [1.29, 1.82) is 0 Å². The summed E-state index contributed by atoms with van der Waals surface area (Å²) >= 11 is 3.48. The Morgan fingerprint density at radius 2 is 1.91 bits per heavy atom. The molecule has 2 aromatic rings. The lowest BCUT2D eigenvalue weighted by atomic mass is 10.1. The minimum absolute atomic E-state index is 0.107. The zero-order chi connectivity index (χ0) is 16.3. The van der Waals surface area contributed by atoms with Crippen LogP contribution in [0.25, 0.3) is 0 Å². The molecule has 1 aromatic heterocycles. The molecular weight excluding hydrogens is 342 g/mol. The third kappa shape index (κ3) is 4.56. The van der Waals surface area contributed by atoms with Crippen molar-refractivity contribution in [3.63, 3.8) is 0 Å². The van der Waals surface area contributed by atoms with Gasteiger partial charge in [-0.05, 0) is 63.6 Å². The molecule has 0 radical (unpaired) electrons. The molecule has 1 amide bonds. The van der Waals surface area contributed by atoms with E-state index in [4.69, 9.17) is 0 Å². The highest BCUT2D eigenvalue weighted by atomic mass is 79.9. The van der Waals surface area contributed by atoms with Gasteiger partial charge in [-0.3, -0.25) is 4.79 Å². The van der Waals surface area contributed by atoms with E-state index in [2.05, 4.69) is 31.5 Å². The van der Waals surface area contributed by atoms with Crippen LogP contribution in [0.5, 0.6) is 0 Å². The summed E-state index contributed by atoms with van der Waals surface area (Å²) in [5, 5.41) is 6.16. The van der Waals surface area contributed by atoms with Crippen molar-refractivity contribution in [2.45, 2.75) is 33.2 Å². The van der Waals surface area contributed by atoms with Crippen LogP contribution >= 0.6 is 15.9 Å². The van der Waals surface area contributed by atoms with Crippen molar-refractivity contribution >= 4 is 33.3 Å². The summed E-state index contributed by atoms with van der Waals surface area (Å²) in [5.41, 5.74) is 2.38. The van der Waals surface area contributed by atoms with E-state index in [0.29, 0.717) is 11.4 Å². The molecule has 1 heterocycles. The van der Waals surface area contributed by atoms with Gasteiger partial charge in [0.05, 0.1) is 0 Å². The largest absolute Gasteiger partial charge is 0.347 e. The number of benzene rings is 1. The quantitative estimate of drug-likeness (QED) is 0.850. The number of amides is 1. The van der Waals surface area contributed by atoms with Crippen LogP contribution in [-0.2, 0) is 0 Å². The van der Waals surface area contributed by atoms with Gasteiger partial charge in [0, 0.05) is 27.5 Å². The van der Waals surface area contributed by atoms with Crippen LogP contribution in [0, 0.1) is 6.92 Å². The van der Waals surface area contributed by atoms with E-state index in [0.717, 1.165) is 15.7 Å². The minimum Gasteiger partial charge on any atom is -0.347 e. The number of carbonyl (C=O) groups is 1. The fraction of sp³-hybridized carbons (Fsp3) is 0.294. The Kier molecular flexibility index (Phi) is 4.86. The predicted molar refractivity (Wildman–Crippen MR) is 93.6 cm³/mol. The highest BCUT2D eigenvalue weighted by Crippen LogP contribution is 2.22. The monoisotopic (exact) mass is 361 g/mol. The molecule has 2 rings (SSSR count). The standard InChI is InChI=1S/C17H20BrN3O/c1-11-9-13(5-6-14(11)18)20-15-10-12(7-8-19-15)16(22)21-17(2,3)4/h5-10H,1-4H3,(H,19,20)(H,21,22). The molecule has 0 spiro atoms. The minimum atomic E-state index is -0.267. The van der Waals surface area contributed by atoms with Crippen LogP contribution in [0.1, 0.15) is 36.7 Å². The maximum atomic E-state index is 12.2. The molecule has 0 aliphatic carbocycles. The highest BCUT2D eigenvalue weighted by Gasteiger charge is 2.15. The molecule has 2 N–H and O–H groups in total. The number of halogens is 1. The molecule has 0 atom stereocenters. The van der Waals surface area contributed by atoms with Gasteiger partial charge < -0.3 is 10.6 Å². The van der Waals surface area contributed by atoms with Crippen molar-refractivity contribution in [3.8, 4) is 0 Å². The summed E-state index contributed by atoms with van der Waals surface area (Å²) in [6.07, 6.45) is 1.63. The maximum absolute atomic E-state index is 12.2. The number of nitrogens with zero attached hydrogens (tertiary/aromatic N) is 1. The molecule has 0 aliphatic heterocycles. The van der Waals surface area contributed by atoms with Crippen molar-refractivity contribution in [3.05, 3.63) is 52.1 Å². The van der Waals surface area contributed by atoms with Gasteiger partial charge in [0.25, 0.3) is 5.91 Å². The van der Waals surface area contributed by atoms with Crippen LogP contribution < -0.4 is 10.6 Å². The second-order valence-corrected chi connectivity index (χ2v) is 7.08. The first-order valence-corrected chi connectivity index (χ1v) is 7.86. The Morgan fingerprint density at radius 1 is 1.18 bits per heavy atom. The van der Waals surface area contributed by atoms with E-state index in [-0.39, 0.29) is 11.4 Å². The smallest absolute Gasteiger partial charge is 0.251 e. The number of pyridine rings is 1. The molecule has 0 bridgehead atoms. The Bertz CT molecular complexity index is 693. The second-order valence-electron chi connectivity index (χ2n) is 6.22. The van der Waals surface area contributed by atoms with E-state index in [1.165, 1.54) is 0 Å². The number of aryl methyl sites for hydroxylation is 1. The lowest BCUT2D eigenvalue weighted by Crippen LogP contribution is -2.40. The Balaban J connectivity index is 2.17. The van der Waals surface area contributed by atoms with Crippen LogP contribution in [0.15, 0.2) is 41.0 Å². The van der Waals surface area contributed by atoms with Gasteiger partial charge >= 0.3 is 0 Å². The number of carbonyl (C=O) groups excluding carboxylic acids is 1. The molecule has 0 saturated carbocycles. The number of nitrogens with one attached hydrogen (secondary N) is 2. The van der Waals surface area contributed by atoms with Crippen molar-refractivity contribution in [2.24, 2.45) is 0 Å². The van der Waals surface area contributed by atoms with E-state index in [1.54, 1.807) is 18.3 Å². The molecule has 4 nitrogen and oxygen atoms in total. The van der Waals surface area contributed by atoms with E-state index >= 15 is 0 Å². The lowest BCUT2D eigenvalue weighted by Gasteiger charge is -2.20. The number of rotatable bonds is 3. The van der Waals surface area contributed by atoms with Crippen LogP contribution in [0.3, 0.4) is 0 Å². The Labute approximate surface area is 139 Å². The van der Waals surface area contributed by atoms with Crippen molar-refractivity contribution in [2.75, 3.05) is 5.32 Å². The molecular formula is C17H20BrN3O. The van der Waals surface area contributed by atoms with Gasteiger partial charge in [0.2, 0.25) is 0 Å². The first-order chi connectivity index (χ1) is 10.2. The first-order valence-electron chi connectivity index (χ1n) is 7.06. The van der Waals surface area contributed by atoms with E-state index in [9.17, 15) is 4.79 Å². The summed E-state index contributed by atoms with van der Waals surface area (Å²) in [4.78, 5) is 16.5. The maximum Gasteiger partial charge on any atom is 0.251 e. The first kappa shape index (κ1) is 16.5. The van der Waals surface area contributed by atoms with Crippen LogP contribution in [0.4, 0.5) is 11.5 Å². The van der Waals surface area contributed by atoms with E-state index in [1.807, 2.05) is 45.9 Å². The lowest BCUT2D eigenvalue weighted by molar-refractivity contribution is 0.0919. The summed E-state index contributed by atoms with van der Waals surface area (Å²) in [6, 6.07) is 9.42. The van der Waals surface area contributed by atoms with Gasteiger partial charge in [-0.25, -0.2) is 4.98 Å². The third-order valence-corrected chi connectivity index (χ3v) is 3.83. The summed E-state index contributed by atoms with van der Waals surface area (Å²) in [6.45, 7) is 7.89.